The lowest BCUT2D eigenvalue weighted by Gasteiger charge is -1.91. The monoisotopic (exact) mass is 216 g/mol. The summed E-state index contributed by atoms with van der Waals surface area (Å²) in [7, 11) is 0. The minimum Gasteiger partial charge on any atom is -0.264 e. The summed E-state index contributed by atoms with van der Waals surface area (Å²) in [5.41, 5.74) is 0.914. The number of thioether (sulfide) groups is 1. The zero-order valence-corrected chi connectivity index (χ0v) is 8.66. The molecule has 2 aromatic heterocycles. The predicted octanol–water partition coefficient (Wildman–Crippen LogP) is 1.59. The van der Waals surface area contributed by atoms with Gasteiger partial charge in [-0.3, -0.25) is 10.1 Å². The molecule has 0 fully saturated rings. The molecule has 5 heteroatoms. The molecule has 0 bridgehead atoms. The first kappa shape index (κ1) is 9.74. The van der Waals surface area contributed by atoms with Gasteiger partial charge in [-0.25, -0.2) is 4.98 Å². The molecule has 0 saturated carbocycles. The van der Waals surface area contributed by atoms with Crippen LogP contribution in [0.4, 0.5) is 0 Å². The van der Waals surface area contributed by atoms with E-state index in [4.69, 9.17) is 6.42 Å². The minimum atomic E-state index is 0.574. The van der Waals surface area contributed by atoms with Crippen LogP contribution in [0.5, 0.6) is 0 Å². The van der Waals surface area contributed by atoms with E-state index in [0.29, 0.717) is 16.7 Å². The molecule has 0 aliphatic heterocycles. The zero-order valence-electron chi connectivity index (χ0n) is 7.84. The van der Waals surface area contributed by atoms with Gasteiger partial charge >= 0.3 is 0 Å². The van der Waals surface area contributed by atoms with Gasteiger partial charge in [0.2, 0.25) is 5.16 Å². The van der Waals surface area contributed by atoms with Gasteiger partial charge < -0.3 is 0 Å². The SMILES string of the molecule is C#CCSc1n[nH]c(-c2cccnc2)n1. The van der Waals surface area contributed by atoms with Gasteiger partial charge in [-0.1, -0.05) is 17.7 Å². The lowest BCUT2D eigenvalue weighted by molar-refractivity contribution is 0.975. The van der Waals surface area contributed by atoms with E-state index in [1.54, 1.807) is 12.4 Å². The van der Waals surface area contributed by atoms with Gasteiger partial charge in [0.15, 0.2) is 5.82 Å². The molecule has 0 atom stereocenters. The van der Waals surface area contributed by atoms with Gasteiger partial charge in [-0.15, -0.1) is 11.5 Å². The van der Waals surface area contributed by atoms with Crippen molar-refractivity contribution in [1.29, 1.82) is 0 Å². The van der Waals surface area contributed by atoms with Crippen LogP contribution in [0, 0.1) is 12.3 Å². The van der Waals surface area contributed by atoms with Crippen molar-refractivity contribution in [3.8, 4) is 23.7 Å². The van der Waals surface area contributed by atoms with Crippen molar-refractivity contribution in [3.05, 3.63) is 24.5 Å². The van der Waals surface area contributed by atoms with Crippen LogP contribution in [0.2, 0.25) is 0 Å². The summed E-state index contributed by atoms with van der Waals surface area (Å²) in [5.74, 6) is 3.81. The van der Waals surface area contributed by atoms with Crippen LogP contribution in [0.15, 0.2) is 29.7 Å². The number of aromatic nitrogens is 4. The Bertz CT molecular complexity index is 472. The highest BCUT2D eigenvalue weighted by Gasteiger charge is 2.04. The maximum Gasteiger partial charge on any atom is 0.209 e. The van der Waals surface area contributed by atoms with Gasteiger partial charge in [-0.05, 0) is 12.1 Å². The number of nitrogens with one attached hydrogen (secondary N) is 1. The van der Waals surface area contributed by atoms with E-state index in [1.807, 2.05) is 12.1 Å². The van der Waals surface area contributed by atoms with E-state index in [0.717, 1.165) is 5.56 Å². The van der Waals surface area contributed by atoms with E-state index >= 15 is 0 Å². The van der Waals surface area contributed by atoms with Crippen LogP contribution in [-0.2, 0) is 0 Å². The molecular formula is C10H8N4S. The molecular weight excluding hydrogens is 208 g/mol. The third-order valence-electron chi connectivity index (χ3n) is 1.68. The fraction of sp³-hybridized carbons (Fsp3) is 0.100. The smallest absolute Gasteiger partial charge is 0.209 e. The third kappa shape index (κ3) is 2.36. The average molecular weight is 216 g/mol. The van der Waals surface area contributed by atoms with Crippen molar-refractivity contribution in [3.63, 3.8) is 0 Å². The summed E-state index contributed by atoms with van der Waals surface area (Å²) in [5, 5.41) is 7.53. The molecule has 74 valence electrons. The quantitative estimate of drug-likeness (QED) is 0.625. The van der Waals surface area contributed by atoms with E-state index in [9.17, 15) is 0 Å². The Morgan fingerprint density at radius 1 is 1.53 bits per heavy atom. The molecule has 0 spiro atoms. The predicted molar refractivity (Wildman–Crippen MR) is 59.2 cm³/mol. The number of nitrogens with zero attached hydrogens (tertiary/aromatic N) is 3. The van der Waals surface area contributed by atoms with Crippen molar-refractivity contribution in [2.75, 3.05) is 5.75 Å². The Labute approximate surface area is 91.5 Å². The number of aromatic amines is 1. The molecule has 1 N–H and O–H groups in total. The summed E-state index contributed by atoms with van der Waals surface area (Å²) < 4.78 is 0. The molecule has 0 aliphatic rings. The van der Waals surface area contributed by atoms with Gasteiger partial charge in [0.25, 0.3) is 0 Å². The molecule has 2 rings (SSSR count). The Balaban J connectivity index is 2.18. The largest absolute Gasteiger partial charge is 0.264 e. The van der Waals surface area contributed by atoms with E-state index in [-0.39, 0.29) is 0 Å². The van der Waals surface area contributed by atoms with Gasteiger partial charge in [0.05, 0.1) is 5.75 Å². The number of hydrogen-bond acceptors (Lipinski definition) is 4. The fourth-order valence-corrected chi connectivity index (χ4v) is 1.53. The molecule has 0 unspecified atom stereocenters. The first-order chi connectivity index (χ1) is 7.40. The lowest BCUT2D eigenvalue weighted by atomic mass is 10.3. The third-order valence-corrected chi connectivity index (χ3v) is 2.44. The standard InChI is InChI=1S/C10H8N4S/c1-2-6-15-10-12-9(13-14-10)8-4-3-5-11-7-8/h1,3-5,7H,6H2,(H,12,13,14). The highest BCUT2D eigenvalue weighted by atomic mass is 32.2. The summed E-state index contributed by atoms with van der Waals surface area (Å²) in [6.45, 7) is 0. The molecule has 0 saturated heterocycles. The molecule has 15 heavy (non-hydrogen) atoms. The molecule has 0 radical (unpaired) electrons. The van der Waals surface area contributed by atoms with Gasteiger partial charge in [0, 0.05) is 18.0 Å². The Kier molecular flexibility index (Phi) is 3.00. The van der Waals surface area contributed by atoms with E-state index in [2.05, 4.69) is 26.1 Å². The minimum absolute atomic E-state index is 0.574. The molecule has 2 aromatic rings. The van der Waals surface area contributed by atoms with Gasteiger partial charge in [0.1, 0.15) is 0 Å². The van der Waals surface area contributed by atoms with Crippen molar-refractivity contribution < 1.29 is 0 Å². The fourth-order valence-electron chi connectivity index (χ4n) is 1.05. The summed E-state index contributed by atoms with van der Waals surface area (Å²) in [6, 6.07) is 3.77. The van der Waals surface area contributed by atoms with E-state index < -0.39 is 0 Å². The van der Waals surface area contributed by atoms with Crippen LogP contribution >= 0.6 is 11.8 Å². The first-order valence-electron chi connectivity index (χ1n) is 4.29. The molecule has 0 aromatic carbocycles. The topological polar surface area (TPSA) is 54.5 Å². The number of terminal acetylenes is 1. The van der Waals surface area contributed by atoms with Crippen LogP contribution in [0.25, 0.3) is 11.4 Å². The summed E-state index contributed by atoms with van der Waals surface area (Å²) in [4.78, 5) is 8.28. The number of rotatable bonds is 3. The van der Waals surface area contributed by atoms with Crippen molar-refractivity contribution in [1.82, 2.24) is 20.2 Å². The maximum atomic E-state index is 5.15. The molecule has 0 aliphatic carbocycles. The number of pyridine rings is 1. The first-order valence-corrected chi connectivity index (χ1v) is 5.28. The average Bonchev–Trinajstić information content (AvgIpc) is 2.76. The second-order valence-electron chi connectivity index (χ2n) is 2.70. The van der Waals surface area contributed by atoms with Crippen molar-refractivity contribution in [2.24, 2.45) is 0 Å². The lowest BCUT2D eigenvalue weighted by Crippen LogP contribution is -1.81. The normalized spacial score (nSPS) is 9.80. The summed E-state index contributed by atoms with van der Waals surface area (Å²) >= 11 is 1.43. The van der Waals surface area contributed by atoms with Crippen LogP contribution in [0.3, 0.4) is 0 Å². The maximum absolute atomic E-state index is 5.15. The number of hydrogen-bond donors (Lipinski definition) is 1. The molecule has 2 heterocycles. The second-order valence-corrected chi connectivity index (χ2v) is 3.64. The number of H-pyrrole nitrogens is 1. The highest BCUT2D eigenvalue weighted by Crippen LogP contribution is 2.17. The summed E-state index contributed by atoms with van der Waals surface area (Å²) in [6.07, 6.45) is 8.60. The highest BCUT2D eigenvalue weighted by molar-refractivity contribution is 7.99. The molecule has 0 amide bonds. The van der Waals surface area contributed by atoms with Crippen LogP contribution in [0.1, 0.15) is 0 Å². The van der Waals surface area contributed by atoms with Crippen LogP contribution < -0.4 is 0 Å². The Morgan fingerprint density at radius 2 is 2.47 bits per heavy atom. The molecule has 4 nitrogen and oxygen atoms in total. The van der Waals surface area contributed by atoms with E-state index in [1.165, 1.54) is 11.8 Å². The zero-order chi connectivity index (χ0) is 10.5. The second kappa shape index (κ2) is 4.62. The Morgan fingerprint density at radius 3 is 3.20 bits per heavy atom. The van der Waals surface area contributed by atoms with Crippen molar-refractivity contribution in [2.45, 2.75) is 5.16 Å². The van der Waals surface area contributed by atoms with Crippen LogP contribution in [-0.4, -0.2) is 25.9 Å². The van der Waals surface area contributed by atoms with Crippen molar-refractivity contribution >= 4 is 11.8 Å². The van der Waals surface area contributed by atoms with Gasteiger partial charge in [-0.2, -0.15) is 0 Å². The Hall–Kier alpha value is -1.80.